The summed E-state index contributed by atoms with van der Waals surface area (Å²) < 4.78 is 58.0. The third-order valence-corrected chi connectivity index (χ3v) is 11.5. The lowest BCUT2D eigenvalue weighted by atomic mass is 10.1. The lowest BCUT2D eigenvalue weighted by Gasteiger charge is -2.19. The maximum Gasteiger partial charge on any atom is 0.325 e. The van der Waals surface area contributed by atoms with E-state index in [-0.39, 0.29) is 68.5 Å². The number of nitrogens with two attached hydrogens (primary N) is 1. The highest BCUT2D eigenvalue weighted by Gasteiger charge is 2.31. The number of carbonyl (C=O) groups excluding carboxylic acids is 6. The number of nitrogens with one attached hydrogen (secondary N) is 7. The molecule has 4 aromatic heterocycles. The van der Waals surface area contributed by atoms with Gasteiger partial charge >= 0.3 is 18.1 Å². The molecule has 30 nitrogen and oxygen atoms in total. The number of likely N-dealkylation sites (N-methyl/N-ethyl adjacent to an activating group) is 2. The number of hydrogen-bond acceptors (Lipinski definition) is 20. The first kappa shape index (κ1) is 63.4. The Bertz CT molecular complexity index is 3390. The zero-order valence-corrected chi connectivity index (χ0v) is 51.5. The van der Waals surface area contributed by atoms with Crippen LogP contribution in [-0.4, -0.2) is 201 Å². The van der Waals surface area contributed by atoms with E-state index in [1.165, 1.54) is 37.3 Å². The number of anilines is 5. The van der Waals surface area contributed by atoms with Crippen LogP contribution in [0.1, 0.15) is 61.2 Å². The zero-order chi connectivity index (χ0) is 67.8. The molecule has 2 aliphatic heterocycles. The van der Waals surface area contributed by atoms with Gasteiger partial charge in [0.2, 0.25) is 6.08 Å². The number of rotatable bonds is 18. The second-order valence-electron chi connectivity index (χ2n) is 16.7. The van der Waals surface area contributed by atoms with Gasteiger partial charge in [0.05, 0.1) is 54.6 Å². The van der Waals surface area contributed by atoms with Crippen molar-refractivity contribution in [3.63, 3.8) is 0 Å². The van der Waals surface area contributed by atoms with E-state index in [2.05, 4.69) is 72.1 Å². The highest BCUT2D eigenvalue weighted by atomic mass is 35.5. The second-order valence-corrected chi connectivity index (χ2v) is 17.8. The quantitative estimate of drug-likeness (QED) is 0.0280. The number of benzene rings is 2. The fourth-order valence-corrected chi connectivity index (χ4v) is 7.50. The van der Waals surface area contributed by atoms with Crippen LogP contribution in [0.25, 0.3) is 22.8 Å². The summed E-state index contributed by atoms with van der Waals surface area (Å²) in [6.07, 6.45) is 4.47. The minimum atomic E-state index is -2.73. The van der Waals surface area contributed by atoms with Gasteiger partial charge in [-0.15, -0.1) is 56.0 Å². The number of nitrogens with zero attached hydrogens (tertiary/aromatic N) is 14. The summed E-state index contributed by atoms with van der Waals surface area (Å²) in [6, 6.07) is 13.0. The molecule has 0 bridgehead atoms. The summed E-state index contributed by atoms with van der Waals surface area (Å²) >= 11 is 16.3. The molecule has 34 heteroatoms. The molecule has 0 saturated carbocycles. The summed E-state index contributed by atoms with van der Waals surface area (Å²) in [5.41, 5.74) is 6.72. The Labute approximate surface area is 532 Å². The summed E-state index contributed by atoms with van der Waals surface area (Å²) in [5, 5.41) is 41.7. The number of hydrogen-bond donors (Lipinski definition) is 8. The Morgan fingerprint density at radius 3 is 1.70 bits per heavy atom. The number of aryl methyl sites for hydroxylation is 2. The number of urea groups is 3. The van der Waals surface area contributed by atoms with Gasteiger partial charge in [-0.3, -0.25) is 23.9 Å². The molecule has 8 amide bonds. The van der Waals surface area contributed by atoms with Crippen molar-refractivity contribution in [3.8, 4) is 34.3 Å². The van der Waals surface area contributed by atoms with Crippen molar-refractivity contribution in [2.24, 2.45) is 24.8 Å². The average Bonchev–Trinajstić information content (AvgIpc) is 1.77. The van der Waals surface area contributed by atoms with E-state index in [4.69, 9.17) is 58.2 Å². The lowest BCUT2D eigenvalue weighted by molar-refractivity contribution is 0.0950. The molecule has 0 aliphatic carbocycles. The number of methoxy groups -OCH3 is 2. The predicted octanol–water partition coefficient (Wildman–Crippen LogP) is 5.94. The molecule has 0 spiro atoms. The number of amides is 8. The summed E-state index contributed by atoms with van der Waals surface area (Å²) in [4.78, 5) is 84.6. The number of halogens is 4. The lowest BCUT2D eigenvalue weighted by Crippen LogP contribution is -2.36. The normalized spacial score (nSPS) is 13.0. The van der Waals surface area contributed by atoms with Crippen LogP contribution in [0.15, 0.2) is 66.2 Å². The molecular formula is C52H80Cl4N22O8. The van der Waals surface area contributed by atoms with Gasteiger partial charge in [-0.2, -0.15) is 10.2 Å². The largest absolute Gasteiger partial charge is 0.494 e. The van der Waals surface area contributed by atoms with E-state index in [1.807, 2.05) is 38.3 Å². The van der Waals surface area contributed by atoms with E-state index in [0.29, 0.717) is 96.7 Å². The maximum absolute atomic E-state index is 12.8. The Balaban J connectivity index is 0. The van der Waals surface area contributed by atoms with Crippen LogP contribution in [0.4, 0.5) is 43.0 Å². The molecule has 6 heterocycles. The summed E-state index contributed by atoms with van der Waals surface area (Å²) in [7, 11) is 6.44. The molecule has 474 valence electrons. The predicted molar refractivity (Wildman–Crippen MR) is 339 cm³/mol. The number of aliphatic imine (C=N–C) groups is 1. The van der Waals surface area contributed by atoms with Gasteiger partial charge in [0.1, 0.15) is 12.7 Å². The molecule has 2 aromatic carbocycles. The standard InChI is InChI=1S/C21H25N9O3.C16H16ClN7O2.C5H11ClN2O.C5H10N2O.C3H4ClNO.C2H7N.ClH.3H2/c1-5-29-9-10-30(21(29)32)16-11-15(17(26-25-16)20(31)22-2)24-14-8-6-7-13(18(14)33-4)19-23-12-28(3)27-19;1-18-16(25)13-11(7-12(17)21-22-13)20-10-6-4-5-9(14(10)26-3)15-19-8-24(2)23-15;1-2-7-5(9)8-4-3-6;1-2-7-4-3-6-5(7)8;4-1-2-5-3-6;1-2-3;;;;/h6-8,11-12H,5,9-10H2,1-4H3,(H,22,31)(H,24,25);4-8H,1-3H3,(H,18,25)(H,20,21);2-4H2,1H3,(H2,7,8,9);2-4H2,1H3,(H,6,8);1-2H2;2-3H2,1H3;4*1H/i2D3;1D3;;;;;;;;. The van der Waals surface area contributed by atoms with E-state index in [1.54, 1.807) is 82.3 Å². The molecule has 6 aromatic rings. The molecule has 0 unspecified atom stereocenters. The molecule has 86 heavy (non-hydrogen) atoms. The Morgan fingerprint density at radius 2 is 1.30 bits per heavy atom. The fraction of sp³-hybridized carbons (Fsp3) is 0.423. The first-order valence-electron chi connectivity index (χ1n) is 28.9. The SMILES string of the molecule is CCN.CCN1CCNC1=O.CCNC(=O)NCCCl.Cl.O=C=NCCCl.[2H]C([2H])([2H])NC(=O)c1nnc(Cl)cc1Nc1cccc(-c2ncn(C)n2)c1OC.[2H]C([2H])([2H])NC(=O)c1nnc(N2CCN(CC)C2=O)cc1Nc1cccc(-c2ncn(C)n2)c1OC.[HH].[HH].[HH]. The van der Waals surface area contributed by atoms with Gasteiger partial charge < -0.3 is 62.2 Å². The molecule has 2 aliphatic rings. The Hall–Kier alpha value is -8.67. The Kier molecular flexibility index (Phi) is 29.3. The number of carbonyl (C=O) groups is 5. The number of isocyanates is 1. The van der Waals surface area contributed by atoms with E-state index >= 15 is 0 Å². The van der Waals surface area contributed by atoms with Crippen molar-refractivity contribution < 1.29 is 50.7 Å². The first-order valence-corrected chi connectivity index (χ1v) is 27.3. The fourth-order valence-electron chi connectivity index (χ4n) is 7.18. The van der Waals surface area contributed by atoms with Crippen LogP contribution in [0.5, 0.6) is 11.5 Å². The van der Waals surface area contributed by atoms with Crippen molar-refractivity contribution >= 4 is 112 Å². The number of ether oxygens (including phenoxy) is 2. The van der Waals surface area contributed by atoms with Gasteiger partial charge in [-0.1, -0.05) is 30.7 Å². The van der Waals surface area contributed by atoms with Crippen LogP contribution in [0.2, 0.25) is 5.15 Å². The van der Waals surface area contributed by atoms with Crippen molar-refractivity contribution in [1.29, 1.82) is 0 Å². The number of aromatic nitrogens is 10. The summed E-state index contributed by atoms with van der Waals surface area (Å²) in [5.74, 6) is 0.845. The first-order chi connectivity index (χ1) is 43.3. The number of alkyl halides is 2. The minimum Gasteiger partial charge on any atom is -0.494 e. The minimum absolute atomic E-state index is 0. The highest BCUT2D eigenvalue weighted by Crippen LogP contribution is 2.39. The number of para-hydroxylation sites is 2. The molecule has 0 atom stereocenters. The zero-order valence-electron chi connectivity index (χ0n) is 54.4. The smallest absolute Gasteiger partial charge is 0.325 e. The van der Waals surface area contributed by atoms with Crippen molar-refractivity contribution in [1.82, 2.24) is 86.3 Å². The summed E-state index contributed by atoms with van der Waals surface area (Å²) in [6.45, 7) is 8.46. The second kappa shape index (κ2) is 39.8. The van der Waals surface area contributed by atoms with Crippen LogP contribution in [0, 0.1) is 0 Å². The van der Waals surface area contributed by atoms with E-state index < -0.39 is 25.8 Å². The van der Waals surface area contributed by atoms with E-state index in [9.17, 15) is 28.8 Å². The molecule has 2 fully saturated rings. The third kappa shape index (κ3) is 22.4. The van der Waals surface area contributed by atoms with Gasteiger partial charge in [0, 0.05) is 117 Å². The van der Waals surface area contributed by atoms with Gasteiger partial charge in [-0.25, -0.2) is 34.1 Å². The van der Waals surface area contributed by atoms with Crippen LogP contribution in [-0.2, 0) is 18.9 Å². The van der Waals surface area contributed by atoms with Crippen molar-refractivity contribution in [2.75, 3.05) is 121 Å². The van der Waals surface area contributed by atoms with Crippen molar-refractivity contribution in [2.45, 2.75) is 27.7 Å². The van der Waals surface area contributed by atoms with Crippen molar-refractivity contribution in [3.05, 3.63) is 77.7 Å². The monoisotopic (exact) mass is 1290 g/mol. The Morgan fingerprint density at radius 1 is 0.767 bits per heavy atom. The van der Waals surface area contributed by atoms with Crippen LogP contribution >= 0.6 is 47.2 Å². The van der Waals surface area contributed by atoms with Crippen LogP contribution in [0.3, 0.4) is 0 Å². The van der Waals surface area contributed by atoms with Gasteiger partial charge in [-0.05, 0) is 51.6 Å². The topological polar surface area (TPSA) is 366 Å². The average molecular weight is 1290 g/mol. The molecule has 9 N–H and O–H groups in total. The molecule has 0 radical (unpaired) electrons. The molecule has 2 saturated heterocycles. The third-order valence-electron chi connectivity index (χ3n) is 10.9. The molecule has 8 rings (SSSR count). The van der Waals surface area contributed by atoms with E-state index in [0.717, 1.165) is 26.2 Å². The maximum atomic E-state index is 12.8. The highest BCUT2D eigenvalue weighted by molar-refractivity contribution is 6.29. The van der Waals surface area contributed by atoms with Gasteiger partial charge in [0.25, 0.3) is 11.8 Å². The van der Waals surface area contributed by atoms with Gasteiger partial charge in [0.15, 0.2) is 45.5 Å². The van der Waals surface area contributed by atoms with Crippen LogP contribution < -0.4 is 57.3 Å². The molecular weight excluding hydrogens is 1200 g/mol.